The molecule has 1 saturated carbocycles. The molecular formula is C24H38N2O3S. The molecule has 30 heavy (non-hydrogen) atoms. The molecule has 1 aromatic carbocycles. The molecule has 1 saturated heterocycles. The lowest BCUT2D eigenvalue weighted by atomic mass is 9.76. The van der Waals surface area contributed by atoms with Gasteiger partial charge in [0, 0.05) is 24.7 Å². The Morgan fingerprint density at radius 1 is 1.07 bits per heavy atom. The zero-order valence-electron chi connectivity index (χ0n) is 18.9. The van der Waals surface area contributed by atoms with Crippen LogP contribution in [0.1, 0.15) is 82.3 Å². The van der Waals surface area contributed by atoms with Crippen LogP contribution in [-0.2, 0) is 14.8 Å². The second kappa shape index (κ2) is 10.3. The van der Waals surface area contributed by atoms with Gasteiger partial charge >= 0.3 is 0 Å². The number of sulfonamides is 1. The summed E-state index contributed by atoms with van der Waals surface area (Å²) in [5, 5.41) is 3.15. The fourth-order valence-corrected chi connectivity index (χ4v) is 6.87. The number of hydrogen-bond acceptors (Lipinski definition) is 3. The Morgan fingerprint density at radius 2 is 1.77 bits per heavy atom. The van der Waals surface area contributed by atoms with Crippen LogP contribution in [0.25, 0.3) is 0 Å². The molecule has 168 valence electrons. The Labute approximate surface area is 182 Å². The monoisotopic (exact) mass is 434 g/mol. The summed E-state index contributed by atoms with van der Waals surface area (Å²) >= 11 is 0. The number of nitrogens with zero attached hydrogens (tertiary/aromatic N) is 1. The normalized spacial score (nSPS) is 23.3. The van der Waals surface area contributed by atoms with Gasteiger partial charge in [0.15, 0.2) is 0 Å². The molecule has 3 rings (SSSR count). The lowest BCUT2D eigenvalue weighted by Gasteiger charge is -2.31. The Kier molecular flexibility index (Phi) is 7.97. The lowest BCUT2D eigenvalue weighted by molar-refractivity contribution is -0.122. The topological polar surface area (TPSA) is 66.5 Å². The maximum Gasteiger partial charge on any atom is 0.243 e. The van der Waals surface area contributed by atoms with E-state index in [9.17, 15) is 13.2 Å². The number of carbonyl (C=O) groups is 1. The van der Waals surface area contributed by atoms with Crippen LogP contribution in [0.15, 0.2) is 17.0 Å². The summed E-state index contributed by atoms with van der Waals surface area (Å²) in [6.45, 7) is 7.13. The minimum absolute atomic E-state index is 0.0338. The van der Waals surface area contributed by atoms with Crippen molar-refractivity contribution in [2.24, 2.45) is 11.8 Å². The van der Waals surface area contributed by atoms with E-state index in [4.69, 9.17) is 0 Å². The summed E-state index contributed by atoms with van der Waals surface area (Å²) in [6.07, 6.45) is 10.7. The average Bonchev–Trinajstić information content (AvgIpc) is 2.75. The number of anilines is 1. The van der Waals surface area contributed by atoms with E-state index in [-0.39, 0.29) is 11.8 Å². The van der Waals surface area contributed by atoms with Gasteiger partial charge in [0.1, 0.15) is 0 Å². The molecule has 1 N–H and O–H groups in total. The largest absolute Gasteiger partial charge is 0.325 e. The molecule has 5 nitrogen and oxygen atoms in total. The minimum Gasteiger partial charge on any atom is -0.325 e. The molecule has 0 unspecified atom stereocenters. The second-order valence-electron chi connectivity index (χ2n) is 9.13. The molecule has 2 fully saturated rings. The first-order valence-electron chi connectivity index (χ1n) is 11.8. The SMILES string of the molecule is CCCC[C@@H]1CCCC[C@H]1C(=O)Nc1c(C)ccc(S(=O)(=O)N2CCCCC2)c1C. The zero-order chi connectivity index (χ0) is 21.7. The summed E-state index contributed by atoms with van der Waals surface area (Å²) in [5.74, 6) is 0.542. The molecule has 1 amide bonds. The van der Waals surface area contributed by atoms with Crippen LogP contribution in [0.2, 0.25) is 0 Å². The predicted octanol–water partition coefficient (Wildman–Crippen LogP) is 5.41. The van der Waals surface area contributed by atoms with Gasteiger partial charge in [-0.3, -0.25) is 4.79 Å². The Hall–Kier alpha value is -1.40. The number of piperidine rings is 1. The first kappa shape index (κ1) is 23.3. The number of carbonyl (C=O) groups excluding carboxylic acids is 1. The molecule has 1 aromatic rings. The van der Waals surface area contributed by atoms with Crippen LogP contribution in [0.4, 0.5) is 5.69 Å². The van der Waals surface area contributed by atoms with Gasteiger partial charge in [-0.2, -0.15) is 4.31 Å². The molecule has 2 atom stereocenters. The van der Waals surface area contributed by atoms with Crippen molar-refractivity contribution in [2.45, 2.75) is 89.9 Å². The Bertz CT molecular complexity index is 844. The van der Waals surface area contributed by atoms with Gasteiger partial charge in [-0.1, -0.05) is 45.1 Å². The van der Waals surface area contributed by atoms with Crippen molar-refractivity contribution in [2.75, 3.05) is 18.4 Å². The Balaban J connectivity index is 1.83. The summed E-state index contributed by atoms with van der Waals surface area (Å²) in [5.41, 5.74) is 2.26. The summed E-state index contributed by atoms with van der Waals surface area (Å²) in [7, 11) is -3.53. The van der Waals surface area contributed by atoms with E-state index in [1.165, 1.54) is 6.42 Å². The molecule has 0 aromatic heterocycles. The highest BCUT2D eigenvalue weighted by molar-refractivity contribution is 7.89. The van der Waals surface area contributed by atoms with E-state index >= 15 is 0 Å². The predicted molar refractivity (Wildman–Crippen MR) is 122 cm³/mol. The second-order valence-corrected chi connectivity index (χ2v) is 11.0. The molecule has 0 radical (unpaired) electrons. The third kappa shape index (κ3) is 5.08. The van der Waals surface area contributed by atoms with Crippen LogP contribution >= 0.6 is 0 Å². The molecule has 2 aliphatic rings. The van der Waals surface area contributed by atoms with Crippen molar-refractivity contribution in [1.29, 1.82) is 0 Å². The molecular weight excluding hydrogens is 396 g/mol. The average molecular weight is 435 g/mol. The summed E-state index contributed by atoms with van der Waals surface area (Å²) < 4.78 is 28.1. The standard InChI is InChI=1S/C24H38N2O3S/c1-4-5-11-20-12-7-8-13-21(20)24(27)25-23-18(2)14-15-22(19(23)3)30(28,29)26-16-9-6-10-17-26/h14-15,20-21H,4-13,16-17H2,1-3H3,(H,25,27)/t20-,21-/m1/s1. The first-order chi connectivity index (χ1) is 14.4. The Morgan fingerprint density at radius 3 is 2.47 bits per heavy atom. The van der Waals surface area contributed by atoms with Crippen molar-refractivity contribution < 1.29 is 13.2 Å². The van der Waals surface area contributed by atoms with Crippen LogP contribution in [0.3, 0.4) is 0 Å². The van der Waals surface area contributed by atoms with E-state index in [1.807, 2.05) is 19.9 Å². The summed E-state index contributed by atoms with van der Waals surface area (Å²) in [6, 6.07) is 3.53. The molecule has 0 spiro atoms. The van der Waals surface area contributed by atoms with Crippen LogP contribution in [-0.4, -0.2) is 31.7 Å². The molecule has 0 bridgehead atoms. The van der Waals surface area contributed by atoms with E-state index < -0.39 is 10.0 Å². The molecule has 6 heteroatoms. The third-order valence-electron chi connectivity index (χ3n) is 6.98. The highest BCUT2D eigenvalue weighted by Gasteiger charge is 2.32. The molecule has 1 aliphatic heterocycles. The number of hydrogen-bond donors (Lipinski definition) is 1. The van der Waals surface area contributed by atoms with E-state index in [1.54, 1.807) is 10.4 Å². The molecule has 1 heterocycles. The van der Waals surface area contributed by atoms with Crippen LogP contribution in [0.5, 0.6) is 0 Å². The number of rotatable bonds is 7. The highest BCUT2D eigenvalue weighted by Crippen LogP contribution is 2.36. The van der Waals surface area contributed by atoms with Gasteiger partial charge in [0.2, 0.25) is 15.9 Å². The quantitative estimate of drug-likeness (QED) is 0.624. The number of benzene rings is 1. The van der Waals surface area contributed by atoms with Gasteiger partial charge in [-0.25, -0.2) is 8.42 Å². The number of aryl methyl sites for hydroxylation is 1. The highest BCUT2D eigenvalue weighted by atomic mass is 32.2. The maximum absolute atomic E-state index is 13.2. The minimum atomic E-state index is -3.53. The van der Waals surface area contributed by atoms with Crippen molar-refractivity contribution >= 4 is 21.6 Å². The van der Waals surface area contributed by atoms with Gasteiger partial charge < -0.3 is 5.32 Å². The maximum atomic E-state index is 13.2. The van der Waals surface area contributed by atoms with Crippen LogP contribution in [0, 0.1) is 25.7 Å². The number of nitrogens with one attached hydrogen (secondary N) is 1. The van der Waals surface area contributed by atoms with Crippen LogP contribution < -0.4 is 5.32 Å². The fraction of sp³-hybridized carbons (Fsp3) is 0.708. The third-order valence-corrected chi connectivity index (χ3v) is 9.02. The number of unbranched alkanes of at least 4 members (excludes halogenated alkanes) is 1. The number of amides is 1. The van der Waals surface area contributed by atoms with E-state index in [0.717, 1.165) is 63.4 Å². The van der Waals surface area contributed by atoms with E-state index in [0.29, 0.717) is 35.2 Å². The van der Waals surface area contributed by atoms with E-state index in [2.05, 4.69) is 12.2 Å². The van der Waals surface area contributed by atoms with Gasteiger partial charge in [-0.15, -0.1) is 0 Å². The van der Waals surface area contributed by atoms with Crippen molar-refractivity contribution in [1.82, 2.24) is 4.31 Å². The zero-order valence-corrected chi connectivity index (χ0v) is 19.7. The molecule has 1 aliphatic carbocycles. The first-order valence-corrected chi connectivity index (χ1v) is 13.2. The van der Waals surface area contributed by atoms with Crippen molar-refractivity contribution in [3.8, 4) is 0 Å². The summed E-state index contributed by atoms with van der Waals surface area (Å²) in [4.78, 5) is 13.6. The van der Waals surface area contributed by atoms with Crippen molar-refractivity contribution in [3.63, 3.8) is 0 Å². The van der Waals surface area contributed by atoms with Gasteiger partial charge in [0.25, 0.3) is 0 Å². The lowest BCUT2D eigenvalue weighted by Crippen LogP contribution is -2.36. The van der Waals surface area contributed by atoms with Gasteiger partial charge in [0.05, 0.1) is 4.90 Å². The van der Waals surface area contributed by atoms with Crippen molar-refractivity contribution in [3.05, 3.63) is 23.3 Å². The van der Waals surface area contributed by atoms with Gasteiger partial charge in [-0.05, 0) is 69.1 Å². The fourth-order valence-electron chi connectivity index (χ4n) is 5.12. The smallest absolute Gasteiger partial charge is 0.243 e.